The molecule has 0 spiro atoms. The molecule has 0 saturated heterocycles. The second kappa shape index (κ2) is 6.18. The number of ether oxygens (including phenoxy) is 1. The highest BCUT2D eigenvalue weighted by Crippen LogP contribution is 2.35. The van der Waals surface area contributed by atoms with Gasteiger partial charge in [0.2, 0.25) is 0 Å². The van der Waals surface area contributed by atoms with Crippen molar-refractivity contribution in [3.05, 3.63) is 53.2 Å². The van der Waals surface area contributed by atoms with Crippen LogP contribution in [0.5, 0.6) is 5.75 Å². The number of aliphatic imine (C=N–C) groups is 1. The van der Waals surface area contributed by atoms with Crippen molar-refractivity contribution in [3.8, 4) is 5.75 Å². The van der Waals surface area contributed by atoms with Crippen LogP contribution < -0.4 is 4.74 Å². The van der Waals surface area contributed by atoms with Crippen molar-refractivity contribution in [2.24, 2.45) is 4.99 Å². The van der Waals surface area contributed by atoms with Gasteiger partial charge in [0.1, 0.15) is 23.4 Å². The lowest BCUT2D eigenvalue weighted by Gasteiger charge is -2.38. The summed E-state index contributed by atoms with van der Waals surface area (Å²) in [4.78, 5) is 4.43. The number of rotatable bonds is 3. The Balaban J connectivity index is 1.95. The van der Waals surface area contributed by atoms with Crippen LogP contribution in [0.3, 0.4) is 0 Å². The number of hydrazine groups is 1. The lowest BCUT2D eigenvalue weighted by atomic mass is 10.1. The number of fused-ring (bicyclic) bond motifs is 1. The number of benzene rings is 1. The highest BCUT2D eigenvalue weighted by atomic mass is 19.4. The zero-order valence-corrected chi connectivity index (χ0v) is 13.9. The van der Waals surface area contributed by atoms with Crippen molar-refractivity contribution in [2.45, 2.75) is 26.1 Å². The van der Waals surface area contributed by atoms with Crippen LogP contribution in [0.1, 0.15) is 19.4 Å². The van der Waals surface area contributed by atoms with Crippen LogP contribution in [0, 0.1) is 5.82 Å². The molecule has 0 aliphatic carbocycles. The molecule has 3 rings (SSSR count). The van der Waals surface area contributed by atoms with Crippen LogP contribution in [0.25, 0.3) is 0 Å². The molecule has 2 aliphatic heterocycles. The summed E-state index contributed by atoms with van der Waals surface area (Å²) in [6.07, 6.45) is -1.04. The van der Waals surface area contributed by atoms with Crippen molar-refractivity contribution < 1.29 is 22.3 Å². The van der Waals surface area contributed by atoms with Crippen molar-refractivity contribution in [1.29, 1.82) is 0 Å². The molecule has 4 nitrogen and oxygen atoms in total. The average molecular weight is 355 g/mol. The first kappa shape index (κ1) is 17.5. The molecule has 25 heavy (non-hydrogen) atoms. The number of hydrogen-bond donors (Lipinski definition) is 0. The molecular weight excluding hydrogens is 338 g/mol. The maximum absolute atomic E-state index is 13.4. The van der Waals surface area contributed by atoms with E-state index in [9.17, 15) is 17.6 Å². The Hall–Kier alpha value is -2.35. The third-order valence-corrected chi connectivity index (χ3v) is 4.21. The van der Waals surface area contributed by atoms with Gasteiger partial charge in [0, 0.05) is 23.9 Å². The zero-order valence-electron chi connectivity index (χ0n) is 13.9. The van der Waals surface area contributed by atoms with Gasteiger partial charge in [-0.3, -0.25) is 5.01 Å². The smallest absolute Gasteiger partial charge is 0.405 e. The van der Waals surface area contributed by atoms with Gasteiger partial charge in [0.15, 0.2) is 0 Å². The number of hydrogen-bond acceptors (Lipinski definition) is 4. The van der Waals surface area contributed by atoms with Gasteiger partial charge in [-0.2, -0.15) is 18.2 Å². The molecule has 0 bridgehead atoms. The Kier molecular flexibility index (Phi) is 4.32. The third kappa shape index (κ3) is 3.13. The van der Waals surface area contributed by atoms with Crippen molar-refractivity contribution in [2.75, 3.05) is 13.7 Å². The summed E-state index contributed by atoms with van der Waals surface area (Å²) in [5.41, 5.74) is 1.68. The van der Waals surface area contributed by atoms with Crippen molar-refractivity contribution >= 4 is 5.71 Å². The van der Waals surface area contributed by atoms with Gasteiger partial charge in [-0.25, -0.2) is 9.38 Å². The molecule has 1 aromatic rings. The van der Waals surface area contributed by atoms with Gasteiger partial charge in [0.25, 0.3) is 0 Å². The summed E-state index contributed by atoms with van der Waals surface area (Å²) in [6.45, 7) is 2.94. The Morgan fingerprint density at radius 2 is 2.00 bits per heavy atom. The SMILES string of the molecule is COc1cc(F)ccc1C1=NC2=CCN(C(C)C(F)(F)F)N2C(C)=C1. The summed E-state index contributed by atoms with van der Waals surface area (Å²) in [5, 5.41) is 2.67. The lowest BCUT2D eigenvalue weighted by molar-refractivity contribution is -0.201. The second-order valence-corrected chi connectivity index (χ2v) is 5.84. The largest absolute Gasteiger partial charge is 0.496 e. The van der Waals surface area contributed by atoms with E-state index in [-0.39, 0.29) is 6.54 Å². The van der Waals surface area contributed by atoms with Gasteiger partial charge in [-0.15, -0.1) is 0 Å². The minimum Gasteiger partial charge on any atom is -0.496 e. The molecule has 1 atom stereocenters. The Morgan fingerprint density at radius 3 is 2.64 bits per heavy atom. The van der Waals surface area contributed by atoms with E-state index in [1.165, 1.54) is 35.3 Å². The summed E-state index contributed by atoms with van der Waals surface area (Å²) in [5.74, 6) is 0.289. The molecule has 1 unspecified atom stereocenters. The topological polar surface area (TPSA) is 28.1 Å². The number of alkyl halides is 3. The van der Waals surface area contributed by atoms with E-state index in [1.54, 1.807) is 19.1 Å². The number of halogens is 4. The van der Waals surface area contributed by atoms with Crippen LogP contribution >= 0.6 is 0 Å². The van der Waals surface area contributed by atoms with Crippen LogP contribution in [0.15, 0.2) is 46.9 Å². The van der Waals surface area contributed by atoms with E-state index in [1.807, 2.05) is 0 Å². The van der Waals surface area contributed by atoms with E-state index in [0.29, 0.717) is 28.5 Å². The Morgan fingerprint density at radius 1 is 1.28 bits per heavy atom. The third-order valence-electron chi connectivity index (χ3n) is 4.21. The molecule has 0 saturated carbocycles. The van der Waals surface area contributed by atoms with Gasteiger partial charge in [-0.1, -0.05) is 0 Å². The minimum atomic E-state index is -4.34. The first-order valence-corrected chi connectivity index (χ1v) is 7.67. The molecule has 0 radical (unpaired) electrons. The molecule has 8 heteroatoms. The standard InChI is InChI=1S/C17H17F4N3O/c1-10-8-14(13-5-4-12(18)9-15(13)25-3)22-16-6-7-23(24(10)16)11(2)17(19,20)21/h4-6,8-9,11H,7H2,1-3H3. The summed E-state index contributed by atoms with van der Waals surface area (Å²) < 4.78 is 57.8. The van der Waals surface area contributed by atoms with Gasteiger partial charge in [0.05, 0.1) is 12.8 Å². The molecule has 2 heterocycles. The maximum atomic E-state index is 13.4. The fraction of sp³-hybridized carbons (Fsp3) is 0.353. The first-order chi connectivity index (χ1) is 11.7. The van der Waals surface area contributed by atoms with E-state index in [2.05, 4.69) is 4.99 Å². The van der Waals surface area contributed by atoms with Crippen LogP contribution in [-0.2, 0) is 0 Å². The molecule has 2 aliphatic rings. The minimum absolute atomic E-state index is 0.110. The summed E-state index contributed by atoms with van der Waals surface area (Å²) in [7, 11) is 1.42. The molecule has 0 fully saturated rings. The molecule has 0 N–H and O–H groups in total. The normalized spacial score (nSPS) is 19.2. The second-order valence-electron chi connectivity index (χ2n) is 5.84. The van der Waals surface area contributed by atoms with Crippen molar-refractivity contribution in [1.82, 2.24) is 10.0 Å². The van der Waals surface area contributed by atoms with E-state index in [0.717, 1.165) is 6.92 Å². The van der Waals surface area contributed by atoms with Crippen LogP contribution in [-0.4, -0.2) is 41.6 Å². The van der Waals surface area contributed by atoms with Gasteiger partial charge >= 0.3 is 6.18 Å². The molecule has 1 aromatic carbocycles. The Labute approximate surface area is 142 Å². The van der Waals surface area contributed by atoms with Crippen LogP contribution in [0.2, 0.25) is 0 Å². The van der Waals surface area contributed by atoms with Gasteiger partial charge < -0.3 is 4.74 Å². The monoisotopic (exact) mass is 355 g/mol. The fourth-order valence-electron chi connectivity index (χ4n) is 2.88. The van der Waals surface area contributed by atoms with Crippen molar-refractivity contribution in [3.63, 3.8) is 0 Å². The summed E-state index contributed by atoms with van der Waals surface area (Å²) >= 11 is 0. The number of nitrogens with zero attached hydrogens (tertiary/aromatic N) is 3. The molecule has 134 valence electrons. The van der Waals surface area contributed by atoms with E-state index < -0.39 is 18.0 Å². The van der Waals surface area contributed by atoms with E-state index >= 15 is 0 Å². The lowest BCUT2D eigenvalue weighted by Crippen LogP contribution is -2.49. The van der Waals surface area contributed by atoms with E-state index in [4.69, 9.17) is 4.74 Å². The fourth-order valence-corrected chi connectivity index (χ4v) is 2.88. The zero-order chi connectivity index (χ0) is 18.4. The first-order valence-electron chi connectivity index (χ1n) is 7.67. The highest BCUT2D eigenvalue weighted by Gasteiger charge is 2.45. The van der Waals surface area contributed by atoms with Crippen LogP contribution in [0.4, 0.5) is 17.6 Å². The predicted molar refractivity (Wildman–Crippen MR) is 85.4 cm³/mol. The predicted octanol–water partition coefficient (Wildman–Crippen LogP) is 3.87. The molecule has 0 amide bonds. The Bertz CT molecular complexity index is 783. The highest BCUT2D eigenvalue weighted by molar-refractivity contribution is 6.11. The quantitative estimate of drug-likeness (QED) is 0.771. The summed E-state index contributed by atoms with van der Waals surface area (Å²) in [6, 6.07) is 2.44. The molecule has 0 aromatic heterocycles. The number of methoxy groups -OCH3 is 1. The average Bonchev–Trinajstić information content (AvgIpc) is 2.97. The maximum Gasteiger partial charge on any atom is 0.405 e. The molecular formula is C17H17F4N3O. The number of allylic oxidation sites excluding steroid dienone is 2. The van der Waals surface area contributed by atoms with Gasteiger partial charge in [-0.05, 0) is 38.1 Å².